The van der Waals surface area contributed by atoms with Crippen molar-refractivity contribution < 1.29 is 19.0 Å². The number of aromatic nitrogens is 2. The number of amides is 1. The van der Waals surface area contributed by atoms with Gasteiger partial charge in [0.05, 0.1) is 11.7 Å². The Labute approximate surface area is 200 Å². The lowest BCUT2D eigenvalue weighted by atomic mass is 10.0. The molecule has 1 aromatic heterocycles. The van der Waals surface area contributed by atoms with Crippen LogP contribution in [0.4, 0.5) is 4.79 Å². The molecular weight excluding hydrogens is 430 g/mol. The lowest BCUT2D eigenvalue weighted by Crippen LogP contribution is -2.42. The second-order valence-electron chi connectivity index (χ2n) is 8.79. The third kappa shape index (κ3) is 5.65. The van der Waals surface area contributed by atoms with Crippen molar-refractivity contribution in [3.05, 3.63) is 66.0 Å². The normalized spacial score (nSPS) is 14.2. The largest absolute Gasteiger partial charge is 0.474 e. The van der Waals surface area contributed by atoms with Crippen molar-refractivity contribution in [2.24, 2.45) is 0 Å². The van der Waals surface area contributed by atoms with Crippen molar-refractivity contribution >= 4 is 6.09 Å². The van der Waals surface area contributed by atoms with Crippen LogP contribution < -0.4 is 9.47 Å². The molecule has 0 unspecified atom stereocenters. The van der Waals surface area contributed by atoms with E-state index in [2.05, 4.69) is 28.2 Å². The zero-order valence-electron chi connectivity index (χ0n) is 20.2. The first kappa shape index (κ1) is 23.5. The summed E-state index contributed by atoms with van der Waals surface area (Å²) >= 11 is 0. The number of aryl methyl sites for hydroxylation is 1. The van der Waals surface area contributed by atoms with Gasteiger partial charge in [-0.3, -0.25) is 0 Å². The van der Waals surface area contributed by atoms with E-state index >= 15 is 0 Å². The summed E-state index contributed by atoms with van der Waals surface area (Å²) in [4.78, 5) is 22.5. The fourth-order valence-corrected chi connectivity index (χ4v) is 3.91. The molecule has 1 aliphatic heterocycles. The van der Waals surface area contributed by atoms with E-state index < -0.39 is 0 Å². The lowest BCUT2D eigenvalue weighted by Gasteiger charge is -2.31. The molecule has 0 radical (unpaired) electrons. The van der Waals surface area contributed by atoms with E-state index in [-0.39, 0.29) is 18.3 Å². The van der Waals surface area contributed by atoms with Crippen LogP contribution in [-0.2, 0) is 4.74 Å². The Morgan fingerprint density at radius 1 is 0.971 bits per heavy atom. The van der Waals surface area contributed by atoms with Gasteiger partial charge in [0, 0.05) is 25.9 Å². The number of likely N-dealkylation sites (tertiary alicyclic amines) is 1. The fraction of sp³-hybridized carbons (Fsp3) is 0.370. The number of nitrogens with zero attached hydrogens (tertiary/aromatic N) is 3. The quantitative estimate of drug-likeness (QED) is 0.452. The molecule has 2 heterocycles. The summed E-state index contributed by atoms with van der Waals surface area (Å²) in [6.07, 6.45) is 2.47. The van der Waals surface area contributed by atoms with Gasteiger partial charge in [-0.25, -0.2) is 14.8 Å². The Bertz CT molecular complexity index is 1130. The standard InChI is InChI=1S/C27H31N3O4/c1-18(2)32-27(31)30-14-12-23(13-15-30)33-25-20(4)26(29-17-28-25)34-24-11-10-22(16-19(24)3)21-8-6-5-7-9-21/h5-11,16-18,23H,12-15H2,1-4H3. The molecule has 1 fully saturated rings. The minimum absolute atomic E-state index is 0.0311. The maximum atomic E-state index is 12.1. The van der Waals surface area contributed by atoms with E-state index in [1.807, 2.05) is 58.0 Å². The Morgan fingerprint density at radius 3 is 2.35 bits per heavy atom. The first-order valence-electron chi connectivity index (χ1n) is 11.7. The summed E-state index contributed by atoms with van der Waals surface area (Å²) < 4.78 is 17.6. The maximum absolute atomic E-state index is 12.1. The van der Waals surface area contributed by atoms with Gasteiger partial charge >= 0.3 is 6.09 Å². The van der Waals surface area contributed by atoms with Crippen molar-refractivity contribution in [1.29, 1.82) is 0 Å². The summed E-state index contributed by atoms with van der Waals surface area (Å²) in [5, 5.41) is 0. The van der Waals surface area contributed by atoms with Crippen LogP contribution in [0.3, 0.4) is 0 Å². The predicted molar refractivity (Wildman–Crippen MR) is 130 cm³/mol. The topological polar surface area (TPSA) is 73.8 Å². The van der Waals surface area contributed by atoms with E-state index in [9.17, 15) is 4.79 Å². The molecule has 0 atom stereocenters. The molecule has 2 aromatic carbocycles. The highest BCUT2D eigenvalue weighted by atomic mass is 16.6. The van der Waals surface area contributed by atoms with Crippen LogP contribution in [-0.4, -0.2) is 46.3 Å². The van der Waals surface area contributed by atoms with Gasteiger partial charge in [-0.15, -0.1) is 0 Å². The van der Waals surface area contributed by atoms with Gasteiger partial charge in [0.2, 0.25) is 11.8 Å². The summed E-state index contributed by atoms with van der Waals surface area (Å²) in [6.45, 7) is 8.81. The molecule has 1 saturated heterocycles. The second kappa shape index (κ2) is 10.5. The van der Waals surface area contributed by atoms with Gasteiger partial charge in [-0.05, 0) is 56.5 Å². The van der Waals surface area contributed by atoms with Crippen molar-refractivity contribution in [3.8, 4) is 28.6 Å². The molecule has 34 heavy (non-hydrogen) atoms. The number of benzene rings is 2. The third-order valence-electron chi connectivity index (χ3n) is 5.80. The molecule has 0 aliphatic carbocycles. The van der Waals surface area contributed by atoms with Gasteiger partial charge in [0.25, 0.3) is 0 Å². The average molecular weight is 462 g/mol. The zero-order chi connectivity index (χ0) is 24.1. The van der Waals surface area contributed by atoms with E-state index in [4.69, 9.17) is 14.2 Å². The number of carbonyl (C=O) groups is 1. The van der Waals surface area contributed by atoms with E-state index in [0.717, 1.165) is 28.0 Å². The molecule has 4 rings (SSSR count). The monoisotopic (exact) mass is 461 g/mol. The summed E-state index contributed by atoms with van der Waals surface area (Å²) in [5.41, 5.74) is 4.06. The Balaban J connectivity index is 1.40. The maximum Gasteiger partial charge on any atom is 0.410 e. The molecule has 7 nitrogen and oxygen atoms in total. The van der Waals surface area contributed by atoms with E-state index in [0.29, 0.717) is 37.7 Å². The number of rotatable bonds is 6. The van der Waals surface area contributed by atoms with Gasteiger partial charge in [0.15, 0.2) is 0 Å². The molecule has 1 amide bonds. The molecule has 7 heteroatoms. The highest BCUT2D eigenvalue weighted by Gasteiger charge is 2.26. The first-order valence-corrected chi connectivity index (χ1v) is 11.7. The molecule has 3 aromatic rings. The van der Waals surface area contributed by atoms with Crippen molar-refractivity contribution in [3.63, 3.8) is 0 Å². The average Bonchev–Trinajstić information content (AvgIpc) is 2.83. The van der Waals surface area contributed by atoms with Crippen LogP contribution >= 0.6 is 0 Å². The predicted octanol–water partition coefficient (Wildman–Crippen LogP) is 5.94. The molecular formula is C27H31N3O4. The highest BCUT2D eigenvalue weighted by Crippen LogP contribution is 2.32. The number of piperidine rings is 1. The minimum Gasteiger partial charge on any atom is -0.474 e. The third-order valence-corrected chi connectivity index (χ3v) is 5.80. The smallest absolute Gasteiger partial charge is 0.410 e. The summed E-state index contributed by atoms with van der Waals surface area (Å²) in [5.74, 6) is 1.72. The van der Waals surface area contributed by atoms with Gasteiger partial charge in [-0.1, -0.05) is 36.4 Å². The lowest BCUT2D eigenvalue weighted by molar-refractivity contribution is 0.0505. The molecule has 0 bridgehead atoms. The number of hydrogen-bond donors (Lipinski definition) is 0. The van der Waals surface area contributed by atoms with Gasteiger partial charge in [-0.2, -0.15) is 0 Å². The van der Waals surface area contributed by atoms with Crippen LogP contribution in [0.5, 0.6) is 17.5 Å². The highest BCUT2D eigenvalue weighted by molar-refractivity contribution is 5.68. The Kier molecular flexibility index (Phi) is 7.30. The summed E-state index contributed by atoms with van der Waals surface area (Å²) in [6, 6.07) is 16.4. The Hall–Kier alpha value is -3.61. The Morgan fingerprint density at radius 2 is 1.68 bits per heavy atom. The van der Waals surface area contributed by atoms with Crippen LogP contribution in [0.25, 0.3) is 11.1 Å². The van der Waals surface area contributed by atoms with Crippen LogP contribution in [0.2, 0.25) is 0 Å². The molecule has 0 spiro atoms. The molecule has 0 N–H and O–H groups in total. The van der Waals surface area contributed by atoms with Crippen molar-refractivity contribution in [1.82, 2.24) is 14.9 Å². The van der Waals surface area contributed by atoms with Crippen LogP contribution in [0.15, 0.2) is 54.9 Å². The molecule has 178 valence electrons. The number of carbonyl (C=O) groups excluding carboxylic acids is 1. The molecule has 1 aliphatic rings. The van der Waals surface area contributed by atoms with Crippen molar-refractivity contribution in [2.45, 2.75) is 52.7 Å². The van der Waals surface area contributed by atoms with Crippen LogP contribution in [0, 0.1) is 13.8 Å². The first-order chi connectivity index (χ1) is 16.4. The fourth-order valence-electron chi connectivity index (χ4n) is 3.91. The number of hydrogen-bond acceptors (Lipinski definition) is 6. The van der Waals surface area contributed by atoms with E-state index in [1.165, 1.54) is 6.33 Å². The summed E-state index contributed by atoms with van der Waals surface area (Å²) in [7, 11) is 0. The van der Waals surface area contributed by atoms with Crippen molar-refractivity contribution in [2.75, 3.05) is 13.1 Å². The SMILES string of the molecule is Cc1cc(-c2ccccc2)ccc1Oc1ncnc(OC2CCN(C(=O)OC(C)C)CC2)c1C. The number of ether oxygens (including phenoxy) is 3. The zero-order valence-corrected chi connectivity index (χ0v) is 20.2. The van der Waals surface area contributed by atoms with E-state index in [1.54, 1.807) is 4.90 Å². The second-order valence-corrected chi connectivity index (χ2v) is 8.79. The molecule has 0 saturated carbocycles. The minimum atomic E-state index is -0.268. The van der Waals surface area contributed by atoms with Gasteiger partial charge < -0.3 is 19.1 Å². The van der Waals surface area contributed by atoms with Crippen LogP contribution in [0.1, 0.15) is 37.8 Å². The van der Waals surface area contributed by atoms with Gasteiger partial charge in [0.1, 0.15) is 18.2 Å².